The summed E-state index contributed by atoms with van der Waals surface area (Å²) < 4.78 is 0. The quantitative estimate of drug-likeness (QED) is 0.870. The van der Waals surface area contributed by atoms with E-state index in [2.05, 4.69) is 43.0 Å². The number of carboxylic acid groups (broad SMARTS) is 1. The molecule has 1 atom stereocenters. The number of benzene rings is 2. The van der Waals surface area contributed by atoms with E-state index in [4.69, 9.17) is 5.11 Å². The van der Waals surface area contributed by atoms with Crippen molar-refractivity contribution in [1.29, 1.82) is 0 Å². The second kappa shape index (κ2) is 6.93. The van der Waals surface area contributed by atoms with Crippen LogP contribution in [0.4, 0.5) is 5.69 Å². The topological polar surface area (TPSA) is 40.5 Å². The molecular weight excluding hydrogens is 262 g/mol. The first-order chi connectivity index (χ1) is 10.1. The summed E-state index contributed by atoms with van der Waals surface area (Å²) in [5.41, 5.74) is 3.46. The third-order valence-corrected chi connectivity index (χ3v) is 3.68. The van der Waals surface area contributed by atoms with Crippen LogP contribution in [0.1, 0.15) is 30.5 Å². The molecule has 2 aromatic rings. The second-order valence-corrected chi connectivity index (χ2v) is 5.26. The van der Waals surface area contributed by atoms with Crippen molar-refractivity contribution < 1.29 is 9.90 Å². The molecule has 110 valence electrons. The first kappa shape index (κ1) is 15.1. The number of hydrogen-bond acceptors (Lipinski definition) is 2. The van der Waals surface area contributed by atoms with Crippen molar-refractivity contribution in [1.82, 2.24) is 0 Å². The SMILES string of the molecule is Cc1ccc(C(C)N(CCC(=O)O)c2ccccc2)cc1. The lowest BCUT2D eigenvalue weighted by molar-refractivity contribution is -0.136. The molecule has 1 unspecified atom stereocenters. The number of carbonyl (C=O) groups is 1. The Morgan fingerprint density at radius 1 is 1.10 bits per heavy atom. The molecule has 0 aliphatic carbocycles. The molecule has 1 N–H and O–H groups in total. The zero-order valence-electron chi connectivity index (χ0n) is 12.5. The summed E-state index contributed by atoms with van der Waals surface area (Å²) in [5, 5.41) is 8.97. The molecule has 0 saturated heterocycles. The Labute approximate surface area is 125 Å². The lowest BCUT2D eigenvalue weighted by atomic mass is 10.0. The molecule has 0 bridgehead atoms. The minimum Gasteiger partial charge on any atom is -0.481 e. The summed E-state index contributed by atoms with van der Waals surface area (Å²) in [6.45, 7) is 4.67. The lowest BCUT2D eigenvalue weighted by Gasteiger charge is -2.31. The number of aliphatic carboxylic acids is 1. The van der Waals surface area contributed by atoms with E-state index in [0.29, 0.717) is 6.54 Å². The van der Waals surface area contributed by atoms with Crippen LogP contribution in [0.15, 0.2) is 54.6 Å². The van der Waals surface area contributed by atoms with E-state index in [1.54, 1.807) is 0 Å². The highest BCUT2D eigenvalue weighted by Gasteiger charge is 2.17. The zero-order valence-corrected chi connectivity index (χ0v) is 12.5. The summed E-state index contributed by atoms with van der Waals surface area (Å²) in [4.78, 5) is 13.0. The van der Waals surface area contributed by atoms with Crippen LogP contribution in [0.2, 0.25) is 0 Å². The van der Waals surface area contributed by atoms with E-state index in [1.807, 2.05) is 30.3 Å². The van der Waals surface area contributed by atoms with Gasteiger partial charge in [0, 0.05) is 12.2 Å². The highest BCUT2D eigenvalue weighted by atomic mass is 16.4. The van der Waals surface area contributed by atoms with E-state index >= 15 is 0 Å². The molecule has 0 spiro atoms. The summed E-state index contributed by atoms with van der Waals surface area (Å²) in [6.07, 6.45) is 0.130. The van der Waals surface area contributed by atoms with Gasteiger partial charge in [-0.3, -0.25) is 4.79 Å². The van der Waals surface area contributed by atoms with Crippen molar-refractivity contribution in [2.45, 2.75) is 26.3 Å². The lowest BCUT2D eigenvalue weighted by Crippen LogP contribution is -2.29. The van der Waals surface area contributed by atoms with Crippen LogP contribution in [0.5, 0.6) is 0 Å². The van der Waals surface area contributed by atoms with Gasteiger partial charge in [-0.1, -0.05) is 48.0 Å². The van der Waals surface area contributed by atoms with Gasteiger partial charge in [-0.15, -0.1) is 0 Å². The van der Waals surface area contributed by atoms with Gasteiger partial charge in [-0.2, -0.15) is 0 Å². The Hall–Kier alpha value is -2.29. The molecule has 0 aliphatic rings. The van der Waals surface area contributed by atoms with Crippen LogP contribution in [0, 0.1) is 6.92 Å². The summed E-state index contributed by atoms with van der Waals surface area (Å²) >= 11 is 0. The van der Waals surface area contributed by atoms with Gasteiger partial charge in [0.05, 0.1) is 12.5 Å². The van der Waals surface area contributed by atoms with E-state index in [0.717, 1.165) is 5.69 Å². The third-order valence-electron chi connectivity index (χ3n) is 3.68. The van der Waals surface area contributed by atoms with E-state index < -0.39 is 5.97 Å². The highest BCUT2D eigenvalue weighted by Crippen LogP contribution is 2.27. The number of anilines is 1. The van der Waals surface area contributed by atoms with Crippen molar-refractivity contribution in [3.8, 4) is 0 Å². The molecule has 0 aromatic heterocycles. The molecule has 2 rings (SSSR count). The molecule has 0 fully saturated rings. The minimum atomic E-state index is -0.771. The fourth-order valence-electron chi connectivity index (χ4n) is 2.41. The van der Waals surface area contributed by atoms with E-state index in [9.17, 15) is 4.79 Å². The average Bonchev–Trinajstić information content (AvgIpc) is 2.49. The Balaban J connectivity index is 2.25. The number of para-hydroxylation sites is 1. The molecule has 0 aliphatic heterocycles. The maximum atomic E-state index is 10.9. The van der Waals surface area contributed by atoms with Gasteiger partial charge in [0.1, 0.15) is 0 Å². The predicted molar refractivity (Wildman–Crippen MR) is 85.6 cm³/mol. The maximum absolute atomic E-state index is 10.9. The van der Waals surface area contributed by atoms with Gasteiger partial charge in [-0.25, -0.2) is 0 Å². The molecule has 0 radical (unpaired) electrons. The Kier molecular flexibility index (Phi) is 4.99. The number of aryl methyl sites for hydroxylation is 1. The van der Waals surface area contributed by atoms with Gasteiger partial charge >= 0.3 is 5.97 Å². The van der Waals surface area contributed by atoms with Gasteiger partial charge in [0.25, 0.3) is 0 Å². The van der Waals surface area contributed by atoms with Crippen molar-refractivity contribution in [3.05, 3.63) is 65.7 Å². The standard InChI is InChI=1S/C18H21NO2/c1-14-8-10-16(11-9-14)15(2)19(13-12-18(20)21)17-6-4-3-5-7-17/h3-11,15H,12-13H2,1-2H3,(H,20,21). The summed E-state index contributed by atoms with van der Waals surface area (Å²) in [6, 6.07) is 18.5. The van der Waals surface area contributed by atoms with Crippen molar-refractivity contribution >= 4 is 11.7 Å². The molecule has 0 saturated carbocycles. The molecule has 3 nitrogen and oxygen atoms in total. The number of hydrogen-bond donors (Lipinski definition) is 1. The van der Waals surface area contributed by atoms with Gasteiger partial charge in [0.15, 0.2) is 0 Å². The molecule has 21 heavy (non-hydrogen) atoms. The first-order valence-corrected chi connectivity index (χ1v) is 7.18. The highest BCUT2D eigenvalue weighted by molar-refractivity contribution is 5.67. The number of carboxylic acids is 1. The average molecular weight is 283 g/mol. The molecule has 2 aromatic carbocycles. The molecular formula is C18H21NO2. The van der Waals surface area contributed by atoms with Crippen molar-refractivity contribution in [2.75, 3.05) is 11.4 Å². The number of nitrogens with zero attached hydrogens (tertiary/aromatic N) is 1. The maximum Gasteiger partial charge on any atom is 0.305 e. The van der Waals surface area contributed by atoms with Gasteiger partial charge < -0.3 is 10.0 Å². The van der Waals surface area contributed by atoms with Crippen LogP contribution in [-0.4, -0.2) is 17.6 Å². The Morgan fingerprint density at radius 2 is 1.71 bits per heavy atom. The summed E-state index contributed by atoms with van der Waals surface area (Å²) in [7, 11) is 0. The Bertz CT molecular complexity index is 578. The molecule has 0 amide bonds. The van der Waals surface area contributed by atoms with Crippen LogP contribution in [0.25, 0.3) is 0 Å². The van der Waals surface area contributed by atoms with Crippen LogP contribution in [-0.2, 0) is 4.79 Å². The zero-order chi connectivity index (χ0) is 15.2. The second-order valence-electron chi connectivity index (χ2n) is 5.26. The fraction of sp³-hybridized carbons (Fsp3) is 0.278. The van der Waals surface area contributed by atoms with E-state index in [1.165, 1.54) is 11.1 Å². The normalized spacial score (nSPS) is 11.9. The fourth-order valence-corrected chi connectivity index (χ4v) is 2.41. The van der Waals surface area contributed by atoms with Crippen molar-refractivity contribution in [2.24, 2.45) is 0 Å². The van der Waals surface area contributed by atoms with Crippen molar-refractivity contribution in [3.63, 3.8) is 0 Å². The van der Waals surface area contributed by atoms with Gasteiger partial charge in [0.2, 0.25) is 0 Å². The van der Waals surface area contributed by atoms with Crippen LogP contribution < -0.4 is 4.90 Å². The van der Waals surface area contributed by atoms with Crippen LogP contribution >= 0.6 is 0 Å². The summed E-state index contributed by atoms with van der Waals surface area (Å²) in [5.74, 6) is -0.771. The van der Waals surface area contributed by atoms with Crippen LogP contribution in [0.3, 0.4) is 0 Å². The third kappa shape index (κ3) is 4.09. The van der Waals surface area contributed by atoms with E-state index in [-0.39, 0.29) is 12.5 Å². The number of rotatable bonds is 6. The predicted octanol–water partition coefficient (Wildman–Crippen LogP) is 4.04. The molecule has 3 heteroatoms. The van der Waals surface area contributed by atoms with Gasteiger partial charge in [-0.05, 0) is 31.5 Å². The first-order valence-electron chi connectivity index (χ1n) is 7.18. The minimum absolute atomic E-state index is 0.130. The monoisotopic (exact) mass is 283 g/mol. The largest absolute Gasteiger partial charge is 0.481 e. The molecule has 0 heterocycles. The smallest absolute Gasteiger partial charge is 0.305 e. The Morgan fingerprint density at radius 3 is 2.29 bits per heavy atom.